The number of carbonyl (C=O) groups is 1. The Hall–Kier alpha value is -4.21. The number of hydrogen-bond donors (Lipinski definition) is 2. The summed E-state index contributed by atoms with van der Waals surface area (Å²) in [5.41, 5.74) is 2.02. The molecule has 0 fully saturated rings. The van der Waals surface area contributed by atoms with Crippen molar-refractivity contribution in [3.8, 4) is 22.4 Å². The molecule has 4 aromatic rings. The Morgan fingerprint density at radius 1 is 0.971 bits per heavy atom. The van der Waals surface area contributed by atoms with Crippen LogP contribution in [0.15, 0.2) is 73.2 Å². The smallest absolute Gasteiger partial charge is 0.308 e. The second-order valence-corrected chi connectivity index (χ2v) is 7.34. The third-order valence-electron chi connectivity index (χ3n) is 5.00. The number of rotatable bonds is 5. The molecular weight excluding hydrogens is 450 g/mol. The molecule has 2 N–H and O–H groups in total. The SMILES string of the molecule is CCn1cc(-c2cccc(NC(=O)Nc3ccc(F)c(C(F)(F)F)c3)c2)c(-c2ccncc2)n1. The van der Waals surface area contributed by atoms with Crippen molar-refractivity contribution in [1.82, 2.24) is 14.8 Å². The lowest BCUT2D eigenvalue weighted by atomic mass is 10.0. The first-order chi connectivity index (χ1) is 16.2. The zero-order valence-electron chi connectivity index (χ0n) is 17.9. The summed E-state index contributed by atoms with van der Waals surface area (Å²) in [6.07, 6.45) is 0.367. The van der Waals surface area contributed by atoms with E-state index in [-0.39, 0.29) is 5.69 Å². The van der Waals surface area contributed by atoms with E-state index >= 15 is 0 Å². The number of halogens is 4. The average molecular weight is 469 g/mol. The van der Waals surface area contributed by atoms with E-state index in [0.29, 0.717) is 24.4 Å². The van der Waals surface area contributed by atoms with Gasteiger partial charge in [0.1, 0.15) is 11.5 Å². The fraction of sp³-hybridized carbons (Fsp3) is 0.125. The Bertz CT molecular complexity index is 1320. The van der Waals surface area contributed by atoms with E-state index in [0.717, 1.165) is 28.5 Å². The minimum Gasteiger partial charge on any atom is -0.308 e. The lowest BCUT2D eigenvalue weighted by molar-refractivity contribution is -0.139. The van der Waals surface area contributed by atoms with Gasteiger partial charge in [0, 0.05) is 47.6 Å². The number of carbonyl (C=O) groups excluding carboxylic acids is 1. The number of nitrogens with zero attached hydrogens (tertiary/aromatic N) is 3. The molecule has 2 aromatic heterocycles. The van der Waals surface area contributed by atoms with E-state index in [4.69, 9.17) is 0 Å². The van der Waals surface area contributed by atoms with Gasteiger partial charge in [0.25, 0.3) is 0 Å². The fourth-order valence-electron chi connectivity index (χ4n) is 3.40. The zero-order valence-corrected chi connectivity index (χ0v) is 17.9. The average Bonchev–Trinajstić information content (AvgIpc) is 3.25. The summed E-state index contributed by atoms with van der Waals surface area (Å²) in [7, 11) is 0. The molecule has 4 rings (SSSR count). The van der Waals surface area contributed by atoms with Crippen LogP contribution in [0, 0.1) is 5.82 Å². The maximum atomic E-state index is 13.5. The molecule has 0 aliphatic heterocycles. The van der Waals surface area contributed by atoms with Gasteiger partial charge in [0.2, 0.25) is 0 Å². The highest BCUT2D eigenvalue weighted by atomic mass is 19.4. The van der Waals surface area contributed by atoms with Gasteiger partial charge in [-0.3, -0.25) is 9.67 Å². The van der Waals surface area contributed by atoms with Crippen molar-refractivity contribution in [3.63, 3.8) is 0 Å². The van der Waals surface area contributed by atoms with Gasteiger partial charge in [-0.15, -0.1) is 0 Å². The zero-order chi connectivity index (χ0) is 24.3. The largest absolute Gasteiger partial charge is 0.419 e. The maximum absolute atomic E-state index is 13.5. The van der Waals surface area contributed by atoms with Gasteiger partial charge < -0.3 is 10.6 Å². The first-order valence-corrected chi connectivity index (χ1v) is 10.3. The van der Waals surface area contributed by atoms with E-state index in [2.05, 4.69) is 20.7 Å². The Morgan fingerprint density at radius 2 is 1.68 bits per heavy atom. The van der Waals surface area contributed by atoms with E-state index in [9.17, 15) is 22.4 Å². The molecule has 34 heavy (non-hydrogen) atoms. The number of nitrogens with one attached hydrogen (secondary N) is 2. The minimum atomic E-state index is -4.87. The van der Waals surface area contributed by atoms with E-state index in [1.54, 1.807) is 35.3 Å². The lowest BCUT2D eigenvalue weighted by Crippen LogP contribution is -2.20. The van der Waals surface area contributed by atoms with Crippen molar-refractivity contribution in [1.29, 1.82) is 0 Å². The number of aromatic nitrogens is 3. The second-order valence-electron chi connectivity index (χ2n) is 7.34. The van der Waals surface area contributed by atoms with Crippen LogP contribution >= 0.6 is 0 Å². The number of urea groups is 1. The van der Waals surface area contributed by atoms with Crippen LogP contribution in [-0.4, -0.2) is 20.8 Å². The van der Waals surface area contributed by atoms with Gasteiger partial charge in [0.05, 0.1) is 5.56 Å². The van der Waals surface area contributed by atoms with Crippen LogP contribution in [0.1, 0.15) is 12.5 Å². The van der Waals surface area contributed by atoms with Crippen molar-refractivity contribution in [2.45, 2.75) is 19.6 Å². The molecule has 0 spiro atoms. The van der Waals surface area contributed by atoms with Crippen molar-refractivity contribution in [3.05, 3.63) is 84.6 Å². The van der Waals surface area contributed by atoms with Crippen molar-refractivity contribution < 1.29 is 22.4 Å². The summed E-state index contributed by atoms with van der Waals surface area (Å²) in [5, 5.41) is 9.51. The standard InChI is InChI=1S/C24H19F4N5O/c1-2-33-14-19(22(32-33)15-8-10-29-11-9-15)16-4-3-5-17(12-16)30-23(34)31-18-6-7-21(25)20(13-18)24(26,27)28/h3-14H,2H2,1H3,(H2,30,31,34). The van der Waals surface area contributed by atoms with Crippen LogP contribution < -0.4 is 10.6 Å². The molecule has 10 heteroatoms. The van der Waals surface area contributed by atoms with Crippen molar-refractivity contribution in [2.24, 2.45) is 0 Å². The topological polar surface area (TPSA) is 71.8 Å². The van der Waals surface area contributed by atoms with Gasteiger partial charge >= 0.3 is 12.2 Å². The predicted molar refractivity (Wildman–Crippen MR) is 121 cm³/mol. The quantitative estimate of drug-likeness (QED) is 0.331. The van der Waals surface area contributed by atoms with E-state index < -0.39 is 23.6 Å². The highest BCUT2D eigenvalue weighted by molar-refractivity contribution is 6.00. The molecule has 0 aliphatic rings. The molecule has 0 saturated heterocycles. The molecule has 0 unspecified atom stereocenters. The van der Waals surface area contributed by atoms with Crippen LogP contribution in [0.4, 0.5) is 33.7 Å². The number of anilines is 2. The normalized spacial score (nSPS) is 11.3. The molecule has 0 bridgehead atoms. The summed E-state index contributed by atoms with van der Waals surface area (Å²) < 4.78 is 54.0. The number of hydrogen-bond acceptors (Lipinski definition) is 3. The van der Waals surface area contributed by atoms with E-state index in [1.807, 2.05) is 31.3 Å². The van der Waals surface area contributed by atoms with Gasteiger partial charge in [-0.1, -0.05) is 12.1 Å². The molecule has 0 atom stereocenters. The monoisotopic (exact) mass is 469 g/mol. The summed E-state index contributed by atoms with van der Waals surface area (Å²) >= 11 is 0. The Labute approximate surface area is 192 Å². The minimum absolute atomic E-state index is 0.188. The van der Waals surface area contributed by atoms with Gasteiger partial charge in [-0.25, -0.2) is 9.18 Å². The molecule has 2 heterocycles. The molecule has 0 radical (unpaired) electrons. The number of alkyl halides is 3. The summed E-state index contributed by atoms with van der Waals surface area (Å²) in [5.74, 6) is -1.41. The number of pyridine rings is 1. The maximum Gasteiger partial charge on any atom is 0.419 e. The third-order valence-corrected chi connectivity index (χ3v) is 5.00. The van der Waals surface area contributed by atoms with Crippen molar-refractivity contribution in [2.75, 3.05) is 10.6 Å². The molecule has 0 aliphatic carbocycles. The number of benzene rings is 2. The molecule has 2 aromatic carbocycles. The van der Waals surface area contributed by atoms with Crippen LogP contribution in [0.25, 0.3) is 22.4 Å². The summed E-state index contributed by atoms with van der Waals surface area (Å²) in [6.45, 7) is 2.63. The predicted octanol–water partition coefficient (Wildman–Crippen LogP) is 6.43. The van der Waals surface area contributed by atoms with Crippen LogP contribution in [0.2, 0.25) is 0 Å². The van der Waals surface area contributed by atoms with Crippen molar-refractivity contribution >= 4 is 17.4 Å². The molecule has 0 saturated carbocycles. The van der Waals surface area contributed by atoms with Gasteiger partial charge in [0.15, 0.2) is 0 Å². The molecule has 174 valence electrons. The highest BCUT2D eigenvalue weighted by Crippen LogP contribution is 2.34. The Balaban J connectivity index is 1.57. The summed E-state index contributed by atoms with van der Waals surface area (Å²) in [4.78, 5) is 16.4. The van der Waals surface area contributed by atoms with Crippen LogP contribution in [0.5, 0.6) is 0 Å². The van der Waals surface area contributed by atoms with Crippen LogP contribution in [-0.2, 0) is 12.7 Å². The van der Waals surface area contributed by atoms with Gasteiger partial charge in [-0.05, 0) is 55.0 Å². The highest BCUT2D eigenvalue weighted by Gasteiger charge is 2.34. The van der Waals surface area contributed by atoms with Gasteiger partial charge in [-0.2, -0.15) is 18.3 Å². The van der Waals surface area contributed by atoms with Crippen LogP contribution in [0.3, 0.4) is 0 Å². The number of aryl methyl sites for hydroxylation is 1. The summed E-state index contributed by atoms with van der Waals surface area (Å²) in [6, 6.07) is 12.2. The molecule has 6 nitrogen and oxygen atoms in total. The second kappa shape index (κ2) is 9.34. The molecular formula is C24H19F4N5O. The lowest BCUT2D eigenvalue weighted by Gasteiger charge is -2.12. The third kappa shape index (κ3) is 5.06. The number of amides is 2. The van der Waals surface area contributed by atoms with E-state index in [1.165, 1.54) is 0 Å². The first-order valence-electron chi connectivity index (χ1n) is 10.3. The molecule has 2 amide bonds. The first kappa shape index (κ1) is 23.0. The fourth-order valence-corrected chi connectivity index (χ4v) is 3.40. The Morgan fingerprint density at radius 3 is 2.35 bits per heavy atom. The Kier molecular flexibility index (Phi) is 6.31.